The molecule has 4 nitrogen and oxygen atoms in total. The number of halogens is 1. The molecule has 15 heavy (non-hydrogen) atoms. The normalized spacial score (nSPS) is 17.3. The zero-order valence-corrected chi connectivity index (χ0v) is 9.02. The molecule has 0 atom stereocenters. The van der Waals surface area contributed by atoms with Crippen molar-refractivity contribution in [2.45, 2.75) is 0 Å². The lowest BCUT2D eigenvalue weighted by molar-refractivity contribution is 0.0354. The van der Waals surface area contributed by atoms with Crippen LogP contribution in [0.1, 0.15) is 0 Å². The van der Waals surface area contributed by atoms with Gasteiger partial charge in [0.2, 0.25) is 0 Å². The van der Waals surface area contributed by atoms with E-state index < -0.39 is 0 Å². The number of hydrogen-bond acceptors (Lipinski definition) is 3. The fourth-order valence-electron chi connectivity index (χ4n) is 1.30. The molecule has 0 radical (unpaired) electrons. The van der Waals surface area contributed by atoms with Crippen molar-refractivity contribution in [2.75, 3.05) is 26.3 Å². The van der Waals surface area contributed by atoms with Crippen molar-refractivity contribution in [3.8, 4) is 0 Å². The molecular weight excluding hydrogens is 214 g/mol. The second-order valence-corrected chi connectivity index (χ2v) is 3.67. The minimum Gasteiger partial charge on any atom is -0.378 e. The molecule has 5 heteroatoms. The van der Waals surface area contributed by atoms with Crippen molar-refractivity contribution < 1.29 is 4.74 Å². The van der Waals surface area contributed by atoms with Gasteiger partial charge in [-0.05, 0) is 18.2 Å². The Kier molecular flexibility index (Phi) is 3.53. The molecule has 0 amide bonds. The summed E-state index contributed by atoms with van der Waals surface area (Å²) in [7, 11) is 0. The number of nitrogens with zero attached hydrogens (tertiary/aromatic N) is 3. The fourth-order valence-corrected chi connectivity index (χ4v) is 1.48. The second-order valence-electron chi connectivity index (χ2n) is 3.24. The first kappa shape index (κ1) is 10.4. The maximum absolute atomic E-state index is 5.83. The van der Waals surface area contributed by atoms with Crippen LogP contribution in [0.5, 0.6) is 0 Å². The van der Waals surface area contributed by atoms with Crippen LogP contribution in [0.4, 0.5) is 5.69 Å². The van der Waals surface area contributed by atoms with Gasteiger partial charge in [0.1, 0.15) is 0 Å². The molecule has 1 aliphatic heterocycles. The molecule has 1 fully saturated rings. The topological polar surface area (TPSA) is 37.2 Å². The number of rotatable bonds is 2. The molecule has 2 rings (SSSR count). The monoisotopic (exact) mass is 225 g/mol. The van der Waals surface area contributed by atoms with Crippen molar-refractivity contribution in [2.24, 2.45) is 10.3 Å². The van der Waals surface area contributed by atoms with E-state index in [1.807, 2.05) is 23.2 Å². The highest BCUT2D eigenvalue weighted by atomic mass is 35.5. The first-order valence-corrected chi connectivity index (χ1v) is 5.22. The summed E-state index contributed by atoms with van der Waals surface area (Å²) in [4.78, 5) is 0. The first-order chi connectivity index (χ1) is 7.34. The number of benzene rings is 1. The molecule has 1 aliphatic rings. The molecular formula is C10H12ClN3O. The summed E-state index contributed by atoms with van der Waals surface area (Å²) < 4.78 is 5.21. The first-order valence-electron chi connectivity index (χ1n) is 4.84. The molecule has 0 aliphatic carbocycles. The van der Waals surface area contributed by atoms with Gasteiger partial charge in [-0.3, -0.25) is 5.01 Å². The maximum Gasteiger partial charge on any atom is 0.0889 e. The minimum atomic E-state index is 0.674. The van der Waals surface area contributed by atoms with Gasteiger partial charge in [-0.2, -0.15) is 0 Å². The Hall–Kier alpha value is -1.13. The molecule has 1 aromatic rings. The Morgan fingerprint density at radius 2 is 2.07 bits per heavy atom. The van der Waals surface area contributed by atoms with Crippen LogP contribution in [-0.2, 0) is 4.74 Å². The van der Waals surface area contributed by atoms with Gasteiger partial charge >= 0.3 is 0 Å². The summed E-state index contributed by atoms with van der Waals surface area (Å²) in [6, 6.07) is 7.33. The van der Waals surface area contributed by atoms with E-state index in [0.717, 1.165) is 18.8 Å². The van der Waals surface area contributed by atoms with E-state index in [1.54, 1.807) is 6.07 Å². The molecule has 1 heterocycles. The van der Waals surface area contributed by atoms with Crippen LogP contribution in [0.2, 0.25) is 5.02 Å². The highest BCUT2D eigenvalue weighted by Crippen LogP contribution is 2.18. The van der Waals surface area contributed by atoms with Gasteiger partial charge in [0.25, 0.3) is 0 Å². The quantitative estimate of drug-likeness (QED) is 0.726. The predicted octanol–water partition coefficient (Wildman–Crippen LogP) is 2.67. The second kappa shape index (κ2) is 5.09. The smallest absolute Gasteiger partial charge is 0.0889 e. The van der Waals surface area contributed by atoms with E-state index in [2.05, 4.69) is 10.3 Å². The Morgan fingerprint density at radius 3 is 2.80 bits per heavy atom. The standard InChI is InChI=1S/C10H12ClN3O/c11-9-2-1-3-10(8-9)12-13-14-4-6-15-7-5-14/h1-3,8H,4-7H2. The van der Waals surface area contributed by atoms with E-state index in [-0.39, 0.29) is 0 Å². The highest BCUT2D eigenvalue weighted by molar-refractivity contribution is 6.30. The Bertz CT molecular complexity index is 350. The van der Waals surface area contributed by atoms with Crippen LogP contribution in [0, 0.1) is 0 Å². The predicted molar refractivity (Wildman–Crippen MR) is 58.4 cm³/mol. The summed E-state index contributed by atoms with van der Waals surface area (Å²) in [5, 5.41) is 10.8. The van der Waals surface area contributed by atoms with Crippen LogP contribution in [0.15, 0.2) is 34.6 Å². The number of ether oxygens (including phenoxy) is 1. The summed E-state index contributed by atoms with van der Waals surface area (Å²) in [6.07, 6.45) is 0. The van der Waals surface area contributed by atoms with Crippen molar-refractivity contribution in [1.82, 2.24) is 5.01 Å². The van der Waals surface area contributed by atoms with E-state index in [9.17, 15) is 0 Å². The van der Waals surface area contributed by atoms with Crippen molar-refractivity contribution >= 4 is 17.3 Å². The summed E-state index contributed by atoms with van der Waals surface area (Å²) >= 11 is 5.83. The molecule has 0 unspecified atom stereocenters. The van der Waals surface area contributed by atoms with Gasteiger partial charge in [0.05, 0.1) is 32.0 Å². The number of hydrogen-bond donors (Lipinski definition) is 0. The van der Waals surface area contributed by atoms with Crippen LogP contribution in [0.3, 0.4) is 0 Å². The van der Waals surface area contributed by atoms with E-state index in [4.69, 9.17) is 16.3 Å². The summed E-state index contributed by atoms with van der Waals surface area (Å²) in [5.74, 6) is 0. The number of morpholine rings is 1. The molecule has 0 spiro atoms. The van der Waals surface area contributed by atoms with Crippen LogP contribution in [0.25, 0.3) is 0 Å². The largest absolute Gasteiger partial charge is 0.378 e. The summed E-state index contributed by atoms with van der Waals surface area (Å²) in [6.45, 7) is 3.03. The van der Waals surface area contributed by atoms with Crippen LogP contribution >= 0.6 is 11.6 Å². The average molecular weight is 226 g/mol. The summed E-state index contributed by atoms with van der Waals surface area (Å²) in [5.41, 5.74) is 0.772. The lowest BCUT2D eigenvalue weighted by Crippen LogP contribution is -2.31. The van der Waals surface area contributed by atoms with Gasteiger partial charge in [0.15, 0.2) is 0 Å². The Labute approximate surface area is 93.5 Å². The van der Waals surface area contributed by atoms with Crippen molar-refractivity contribution in [1.29, 1.82) is 0 Å². The van der Waals surface area contributed by atoms with Gasteiger partial charge in [-0.25, -0.2) is 0 Å². The van der Waals surface area contributed by atoms with Crippen molar-refractivity contribution in [3.63, 3.8) is 0 Å². The molecule has 0 N–H and O–H groups in total. The zero-order valence-electron chi connectivity index (χ0n) is 8.27. The average Bonchev–Trinajstić information content (AvgIpc) is 2.28. The van der Waals surface area contributed by atoms with Gasteiger partial charge in [-0.15, -0.1) is 5.11 Å². The van der Waals surface area contributed by atoms with Gasteiger partial charge < -0.3 is 4.74 Å². The fraction of sp³-hybridized carbons (Fsp3) is 0.400. The van der Waals surface area contributed by atoms with E-state index in [1.165, 1.54) is 0 Å². The molecule has 80 valence electrons. The van der Waals surface area contributed by atoms with Gasteiger partial charge in [0, 0.05) is 5.02 Å². The maximum atomic E-state index is 5.83. The lowest BCUT2D eigenvalue weighted by atomic mass is 10.3. The highest BCUT2D eigenvalue weighted by Gasteiger charge is 2.06. The minimum absolute atomic E-state index is 0.674. The Morgan fingerprint density at radius 1 is 1.27 bits per heavy atom. The van der Waals surface area contributed by atoms with Crippen LogP contribution < -0.4 is 0 Å². The van der Waals surface area contributed by atoms with Crippen molar-refractivity contribution in [3.05, 3.63) is 29.3 Å². The third kappa shape index (κ3) is 3.18. The third-order valence-corrected chi connectivity index (χ3v) is 2.32. The lowest BCUT2D eigenvalue weighted by Gasteiger charge is -2.22. The molecule has 0 aromatic heterocycles. The molecule has 0 saturated carbocycles. The van der Waals surface area contributed by atoms with Crippen LogP contribution in [-0.4, -0.2) is 31.3 Å². The SMILES string of the molecule is Clc1cccc(N=NN2CCOCC2)c1. The zero-order chi connectivity index (χ0) is 10.5. The Balaban J connectivity index is 1.97. The van der Waals surface area contributed by atoms with E-state index >= 15 is 0 Å². The molecule has 1 saturated heterocycles. The third-order valence-electron chi connectivity index (χ3n) is 2.08. The van der Waals surface area contributed by atoms with Gasteiger partial charge in [-0.1, -0.05) is 22.9 Å². The molecule has 0 bridgehead atoms. The van der Waals surface area contributed by atoms with E-state index in [0.29, 0.717) is 18.2 Å². The molecule has 1 aromatic carbocycles.